The van der Waals surface area contributed by atoms with E-state index in [9.17, 15) is 39.5 Å². The Morgan fingerprint density at radius 1 is 0.765 bits per heavy atom. The quantitative estimate of drug-likeness (QED) is 0.579. The summed E-state index contributed by atoms with van der Waals surface area (Å²) in [5.41, 5.74) is -9.73. The standard InChI is InChI=1S/C8H7F9/c1-4(7(12,13)14)2-3-5(9,10)6(4,11)8(15,16)17/h2-3H2,1H3. The fraction of sp³-hybridized carbons (Fsp3) is 1.00. The fourth-order valence-corrected chi connectivity index (χ4v) is 2.01. The minimum Gasteiger partial charge on any atom is -0.226 e. The maximum absolute atomic E-state index is 13.5. The zero-order valence-electron chi connectivity index (χ0n) is 8.32. The van der Waals surface area contributed by atoms with Crippen LogP contribution in [0.2, 0.25) is 0 Å². The van der Waals surface area contributed by atoms with Crippen molar-refractivity contribution in [1.82, 2.24) is 0 Å². The molecule has 0 amide bonds. The van der Waals surface area contributed by atoms with E-state index in [0.717, 1.165) is 0 Å². The lowest BCUT2D eigenvalue weighted by Gasteiger charge is -2.41. The largest absolute Gasteiger partial charge is 0.429 e. The molecule has 0 aromatic rings. The van der Waals surface area contributed by atoms with Crippen molar-refractivity contribution < 1.29 is 39.5 Å². The molecule has 0 aliphatic heterocycles. The highest BCUT2D eigenvalue weighted by Crippen LogP contribution is 2.68. The van der Waals surface area contributed by atoms with E-state index in [1.807, 2.05) is 0 Å². The second-order valence-electron chi connectivity index (χ2n) is 4.19. The number of alkyl halides is 9. The number of hydrogen-bond acceptors (Lipinski definition) is 0. The van der Waals surface area contributed by atoms with Gasteiger partial charge in [0.2, 0.25) is 0 Å². The van der Waals surface area contributed by atoms with Crippen LogP contribution in [0.15, 0.2) is 0 Å². The molecule has 0 aromatic heterocycles. The van der Waals surface area contributed by atoms with Crippen molar-refractivity contribution in [2.45, 2.75) is 43.7 Å². The molecule has 0 aromatic carbocycles. The van der Waals surface area contributed by atoms with E-state index in [-0.39, 0.29) is 6.92 Å². The molecule has 2 unspecified atom stereocenters. The van der Waals surface area contributed by atoms with Gasteiger partial charge < -0.3 is 0 Å². The van der Waals surface area contributed by atoms with Crippen LogP contribution in [0, 0.1) is 5.41 Å². The first-order valence-electron chi connectivity index (χ1n) is 4.41. The van der Waals surface area contributed by atoms with Crippen LogP contribution in [0.3, 0.4) is 0 Å². The lowest BCUT2D eigenvalue weighted by atomic mass is 9.75. The van der Waals surface area contributed by atoms with E-state index in [4.69, 9.17) is 0 Å². The van der Waals surface area contributed by atoms with Crippen LogP contribution in [0.5, 0.6) is 0 Å². The van der Waals surface area contributed by atoms with Crippen molar-refractivity contribution in [3.8, 4) is 0 Å². The highest BCUT2D eigenvalue weighted by molar-refractivity contribution is 5.17. The molecule has 0 radical (unpaired) electrons. The lowest BCUT2D eigenvalue weighted by Crippen LogP contribution is -2.64. The van der Waals surface area contributed by atoms with Crippen LogP contribution in [-0.2, 0) is 0 Å². The Morgan fingerprint density at radius 2 is 1.18 bits per heavy atom. The highest BCUT2D eigenvalue weighted by Gasteiger charge is 2.87. The molecular formula is C8H7F9. The SMILES string of the molecule is CC1(C(F)(F)F)CCC(F)(F)C1(F)C(F)(F)F. The predicted molar refractivity (Wildman–Crippen MR) is 38.2 cm³/mol. The van der Waals surface area contributed by atoms with Gasteiger partial charge in [-0.05, 0) is 13.3 Å². The molecule has 1 aliphatic carbocycles. The van der Waals surface area contributed by atoms with Gasteiger partial charge in [0, 0.05) is 6.42 Å². The first-order chi connectivity index (χ1) is 7.21. The summed E-state index contributed by atoms with van der Waals surface area (Å²) in [6.07, 6.45) is -15.4. The van der Waals surface area contributed by atoms with Crippen LogP contribution < -0.4 is 0 Å². The lowest BCUT2D eigenvalue weighted by molar-refractivity contribution is -0.365. The summed E-state index contributed by atoms with van der Waals surface area (Å²) in [4.78, 5) is 0. The van der Waals surface area contributed by atoms with Crippen LogP contribution in [0.25, 0.3) is 0 Å². The van der Waals surface area contributed by atoms with Gasteiger partial charge in [0.1, 0.15) is 5.41 Å². The number of rotatable bonds is 0. The van der Waals surface area contributed by atoms with Gasteiger partial charge in [-0.2, -0.15) is 26.3 Å². The summed E-state index contributed by atoms with van der Waals surface area (Å²) < 4.78 is 114. The highest BCUT2D eigenvalue weighted by atomic mass is 19.4. The summed E-state index contributed by atoms with van der Waals surface area (Å²) >= 11 is 0. The molecule has 0 saturated heterocycles. The molecule has 102 valence electrons. The van der Waals surface area contributed by atoms with Gasteiger partial charge in [-0.1, -0.05) is 0 Å². The average Bonchev–Trinajstić information content (AvgIpc) is 2.26. The van der Waals surface area contributed by atoms with Crippen LogP contribution >= 0.6 is 0 Å². The van der Waals surface area contributed by atoms with Gasteiger partial charge >= 0.3 is 12.4 Å². The van der Waals surface area contributed by atoms with Gasteiger partial charge in [-0.15, -0.1) is 0 Å². The first-order valence-corrected chi connectivity index (χ1v) is 4.41. The molecule has 1 fully saturated rings. The van der Waals surface area contributed by atoms with E-state index >= 15 is 0 Å². The van der Waals surface area contributed by atoms with Crippen molar-refractivity contribution in [3.05, 3.63) is 0 Å². The predicted octanol–water partition coefficient (Wildman–Crippen LogP) is 4.25. The molecule has 9 heteroatoms. The van der Waals surface area contributed by atoms with Gasteiger partial charge in [-0.3, -0.25) is 0 Å². The summed E-state index contributed by atoms with van der Waals surface area (Å²) in [6.45, 7) is -0.165. The minimum atomic E-state index is -6.29. The van der Waals surface area contributed by atoms with Crippen LogP contribution in [-0.4, -0.2) is 23.9 Å². The molecule has 0 bridgehead atoms. The molecule has 1 saturated carbocycles. The summed E-state index contributed by atoms with van der Waals surface area (Å²) in [7, 11) is 0. The summed E-state index contributed by atoms with van der Waals surface area (Å²) in [5, 5.41) is 0. The Balaban J connectivity index is 3.47. The molecule has 17 heavy (non-hydrogen) atoms. The van der Waals surface area contributed by atoms with Crippen molar-refractivity contribution in [3.63, 3.8) is 0 Å². The normalized spacial score (nSPS) is 38.5. The Bertz CT molecular complexity index is 314. The van der Waals surface area contributed by atoms with E-state index in [2.05, 4.69) is 0 Å². The van der Waals surface area contributed by atoms with Crippen molar-refractivity contribution in [2.24, 2.45) is 5.41 Å². The monoisotopic (exact) mass is 274 g/mol. The van der Waals surface area contributed by atoms with Gasteiger partial charge in [0.05, 0.1) is 0 Å². The molecule has 1 aliphatic rings. The maximum Gasteiger partial charge on any atom is 0.429 e. The Hall–Kier alpha value is -0.630. The average molecular weight is 274 g/mol. The molecular weight excluding hydrogens is 267 g/mol. The topological polar surface area (TPSA) is 0 Å². The van der Waals surface area contributed by atoms with E-state index < -0.39 is 42.2 Å². The third-order valence-corrected chi connectivity index (χ3v) is 3.22. The van der Waals surface area contributed by atoms with Crippen molar-refractivity contribution >= 4 is 0 Å². The molecule has 0 heterocycles. The van der Waals surface area contributed by atoms with Gasteiger partial charge in [0.25, 0.3) is 11.6 Å². The second kappa shape index (κ2) is 3.23. The van der Waals surface area contributed by atoms with Crippen LogP contribution in [0.4, 0.5) is 39.5 Å². The van der Waals surface area contributed by atoms with Gasteiger partial charge in [-0.25, -0.2) is 13.2 Å². The fourth-order valence-electron chi connectivity index (χ4n) is 2.01. The zero-order valence-corrected chi connectivity index (χ0v) is 8.32. The minimum absolute atomic E-state index is 0.165. The molecule has 0 N–H and O–H groups in total. The number of hydrogen-bond donors (Lipinski definition) is 0. The smallest absolute Gasteiger partial charge is 0.226 e. The molecule has 0 spiro atoms. The molecule has 1 rings (SSSR count). The Kier molecular flexibility index (Phi) is 2.74. The molecule has 0 nitrogen and oxygen atoms in total. The zero-order chi connectivity index (χ0) is 13.9. The molecule has 2 atom stereocenters. The van der Waals surface area contributed by atoms with Crippen molar-refractivity contribution in [2.75, 3.05) is 0 Å². The van der Waals surface area contributed by atoms with Gasteiger partial charge in [0.15, 0.2) is 0 Å². The van der Waals surface area contributed by atoms with E-state index in [1.165, 1.54) is 0 Å². The van der Waals surface area contributed by atoms with Crippen molar-refractivity contribution in [1.29, 1.82) is 0 Å². The number of halogens is 9. The Morgan fingerprint density at radius 3 is 1.41 bits per heavy atom. The van der Waals surface area contributed by atoms with Crippen LogP contribution in [0.1, 0.15) is 19.8 Å². The third-order valence-electron chi connectivity index (χ3n) is 3.22. The maximum atomic E-state index is 13.5. The summed E-state index contributed by atoms with van der Waals surface area (Å²) in [5.74, 6) is -5.09. The summed E-state index contributed by atoms with van der Waals surface area (Å²) in [6, 6.07) is 0. The second-order valence-corrected chi connectivity index (χ2v) is 4.19. The first kappa shape index (κ1) is 14.4. The third kappa shape index (κ3) is 1.53. The Labute approximate surface area is 89.8 Å². The van der Waals surface area contributed by atoms with E-state index in [0.29, 0.717) is 0 Å². The van der Waals surface area contributed by atoms with E-state index in [1.54, 1.807) is 0 Å².